The Morgan fingerprint density at radius 3 is 2.38 bits per heavy atom. The molecule has 1 aromatic rings. The van der Waals surface area contributed by atoms with Gasteiger partial charge in [-0.1, -0.05) is 29.3 Å². The smallest absolute Gasteiger partial charge is 0.332 e. The summed E-state index contributed by atoms with van der Waals surface area (Å²) >= 11 is 0. The van der Waals surface area contributed by atoms with E-state index in [1.807, 2.05) is 13.8 Å². The van der Waals surface area contributed by atoms with Crippen molar-refractivity contribution in [2.45, 2.75) is 38.3 Å². The van der Waals surface area contributed by atoms with E-state index in [-0.39, 0.29) is 12.8 Å². The van der Waals surface area contributed by atoms with E-state index in [9.17, 15) is 19.8 Å². The Labute approximate surface area is 123 Å². The molecule has 21 heavy (non-hydrogen) atoms. The summed E-state index contributed by atoms with van der Waals surface area (Å²) in [6.07, 6.45) is -0.799. The van der Waals surface area contributed by atoms with Gasteiger partial charge in [0.2, 0.25) is 0 Å². The number of rotatable bonds is 3. The van der Waals surface area contributed by atoms with Crippen molar-refractivity contribution in [2.75, 3.05) is 0 Å². The Bertz CT molecular complexity index is 594. The standard InChI is InChI=1S/C16H19NO4/c1-10-8-13(18)16(15(20)21,9-11(10)2)17-14(19)12-6-4-3-5-7-12/h3-7,13,18H,8-9H2,1-2H3,(H,17,19)(H,20,21)/t13-,16+/m1/s1. The van der Waals surface area contributed by atoms with Gasteiger partial charge in [0.15, 0.2) is 5.54 Å². The molecule has 3 N–H and O–H groups in total. The van der Waals surface area contributed by atoms with E-state index in [1.165, 1.54) is 0 Å². The van der Waals surface area contributed by atoms with Gasteiger partial charge in [0.05, 0.1) is 6.10 Å². The summed E-state index contributed by atoms with van der Waals surface area (Å²) in [5, 5.41) is 22.3. The number of aliphatic hydroxyl groups excluding tert-OH is 1. The molecule has 0 radical (unpaired) electrons. The molecule has 112 valence electrons. The molecule has 1 aliphatic carbocycles. The topological polar surface area (TPSA) is 86.6 Å². The molecule has 2 atom stereocenters. The number of amides is 1. The number of carboxylic acid groups (broad SMARTS) is 1. The van der Waals surface area contributed by atoms with Gasteiger partial charge < -0.3 is 15.5 Å². The van der Waals surface area contributed by atoms with Crippen LogP contribution in [0, 0.1) is 0 Å². The molecule has 2 rings (SSSR count). The zero-order valence-corrected chi connectivity index (χ0v) is 12.1. The molecule has 0 bridgehead atoms. The van der Waals surface area contributed by atoms with E-state index >= 15 is 0 Å². The number of carbonyl (C=O) groups is 2. The lowest BCUT2D eigenvalue weighted by atomic mass is 9.76. The molecule has 0 fully saturated rings. The van der Waals surface area contributed by atoms with Crippen molar-refractivity contribution in [1.82, 2.24) is 5.32 Å². The Balaban J connectivity index is 2.32. The number of hydrogen-bond donors (Lipinski definition) is 3. The summed E-state index contributed by atoms with van der Waals surface area (Å²) in [6, 6.07) is 8.39. The largest absolute Gasteiger partial charge is 0.479 e. The molecule has 1 aromatic carbocycles. The van der Waals surface area contributed by atoms with Gasteiger partial charge >= 0.3 is 5.97 Å². The van der Waals surface area contributed by atoms with Gasteiger partial charge in [-0.3, -0.25) is 4.79 Å². The average Bonchev–Trinajstić information content (AvgIpc) is 2.45. The van der Waals surface area contributed by atoms with Crippen molar-refractivity contribution < 1.29 is 19.8 Å². The number of aliphatic hydroxyl groups is 1. The fraction of sp³-hybridized carbons (Fsp3) is 0.375. The van der Waals surface area contributed by atoms with Crippen LogP contribution in [0.2, 0.25) is 0 Å². The van der Waals surface area contributed by atoms with E-state index in [4.69, 9.17) is 0 Å². The first-order chi connectivity index (χ1) is 9.86. The predicted molar refractivity (Wildman–Crippen MR) is 77.9 cm³/mol. The number of carbonyl (C=O) groups excluding carboxylic acids is 1. The van der Waals surface area contributed by atoms with E-state index in [1.54, 1.807) is 30.3 Å². The van der Waals surface area contributed by atoms with E-state index in [0.717, 1.165) is 11.1 Å². The summed E-state index contributed by atoms with van der Waals surface area (Å²) < 4.78 is 0. The zero-order valence-electron chi connectivity index (χ0n) is 12.1. The quantitative estimate of drug-likeness (QED) is 0.740. The monoisotopic (exact) mass is 289 g/mol. The lowest BCUT2D eigenvalue weighted by Crippen LogP contribution is -2.63. The van der Waals surface area contributed by atoms with Crippen molar-refractivity contribution in [3.63, 3.8) is 0 Å². The second kappa shape index (κ2) is 5.69. The van der Waals surface area contributed by atoms with Gasteiger partial charge in [0.1, 0.15) is 0 Å². The van der Waals surface area contributed by atoms with Crippen molar-refractivity contribution in [3.05, 3.63) is 47.0 Å². The SMILES string of the molecule is CC1=C(C)C[C@@](NC(=O)c2ccccc2)(C(=O)O)[C@H](O)C1. The second-order valence-corrected chi connectivity index (χ2v) is 5.55. The maximum atomic E-state index is 12.3. The molecule has 0 aromatic heterocycles. The minimum atomic E-state index is -1.67. The van der Waals surface area contributed by atoms with Crippen LogP contribution in [0.4, 0.5) is 0 Å². The maximum absolute atomic E-state index is 12.3. The number of carboxylic acids is 1. The first-order valence-electron chi connectivity index (χ1n) is 6.81. The highest BCUT2D eigenvalue weighted by Gasteiger charge is 2.49. The minimum absolute atomic E-state index is 0.105. The summed E-state index contributed by atoms with van der Waals surface area (Å²) in [5.74, 6) is -1.71. The molecular weight excluding hydrogens is 270 g/mol. The summed E-state index contributed by atoms with van der Waals surface area (Å²) in [7, 11) is 0. The lowest BCUT2D eigenvalue weighted by Gasteiger charge is -2.39. The van der Waals surface area contributed by atoms with Gasteiger partial charge in [0, 0.05) is 12.0 Å². The van der Waals surface area contributed by atoms with Crippen molar-refractivity contribution in [1.29, 1.82) is 0 Å². The first kappa shape index (κ1) is 15.3. The number of benzene rings is 1. The normalized spacial score (nSPS) is 25.6. The highest BCUT2D eigenvalue weighted by atomic mass is 16.4. The summed E-state index contributed by atoms with van der Waals surface area (Å²) in [5.41, 5.74) is 0.551. The van der Waals surface area contributed by atoms with Crippen LogP contribution in [0.25, 0.3) is 0 Å². The predicted octanol–water partition coefficient (Wildman–Crippen LogP) is 1.73. The van der Waals surface area contributed by atoms with Crippen LogP contribution >= 0.6 is 0 Å². The fourth-order valence-electron chi connectivity index (χ4n) is 2.59. The average molecular weight is 289 g/mol. The van der Waals surface area contributed by atoms with Crippen molar-refractivity contribution in [3.8, 4) is 0 Å². The van der Waals surface area contributed by atoms with Gasteiger partial charge in [0.25, 0.3) is 5.91 Å². The molecule has 1 aliphatic rings. The van der Waals surface area contributed by atoms with Gasteiger partial charge in [-0.15, -0.1) is 0 Å². The molecule has 0 heterocycles. The Morgan fingerprint density at radius 1 is 1.19 bits per heavy atom. The molecule has 5 heteroatoms. The van der Waals surface area contributed by atoms with Crippen LogP contribution in [0.5, 0.6) is 0 Å². The molecular formula is C16H19NO4. The van der Waals surface area contributed by atoms with Gasteiger partial charge in [-0.05, 0) is 32.4 Å². The highest BCUT2D eigenvalue weighted by molar-refractivity contribution is 5.98. The van der Waals surface area contributed by atoms with Crippen LogP contribution in [0.15, 0.2) is 41.5 Å². The number of aliphatic carboxylic acids is 1. The third kappa shape index (κ3) is 2.83. The van der Waals surface area contributed by atoms with Crippen molar-refractivity contribution >= 4 is 11.9 Å². The van der Waals surface area contributed by atoms with Crippen LogP contribution in [0.1, 0.15) is 37.0 Å². The van der Waals surface area contributed by atoms with E-state index in [0.29, 0.717) is 5.56 Å². The lowest BCUT2D eigenvalue weighted by molar-refractivity contribution is -0.150. The van der Waals surface area contributed by atoms with E-state index in [2.05, 4.69) is 5.32 Å². The maximum Gasteiger partial charge on any atom is 0.332 e. The summed E-state index contributed by atoms with van der Waals surface area (Å²) in [6.45, 7) is 3.69. The van der Waals surface area contributed by atoms with Gasteiger partial charge in [-0.2, -0.15) is 0 Å². The van der Waals surface area contributed by atoms with Crippen LogP contribution in [0.3, 0.4) is 0 Å². The second-order valence-electron chi connectivity index (χ2n) is 5.55. The van der Waals surface area contributed by atoms with Crippen molar-refractivity contribution in [2.24, 2.45) is 0 Å². The number of hydrogen-bond acceptors (Lipinski definition) is 3. The van der Waals surface area contributed by atoms with Crippen LogP contribution in [-0.2, 0) is 4.79 Å². The third-order valence-electron chi connectivity index (χ3n) is 4.10. The molecule has 0 unspecified atom stereocenters. The molecule has 0 spiro atoms. The molecule has 5 nitrogen and oxygen atoms in total. The molecule has 0 aliphatic heterocycles. The molecule has 1 amide bonds. The van der Waals surface area contributed by atoms with Crippen LogP contribution < -0.4 is 5.32 Å². The van der Waals surface area contributed by atoms with Crippen LogP contribution in [-0.4, -0.2) is 33.7 Å². The first-order valence-corrected chi connectivity index (χ1v) is 6.81. The van der Waals surface area contributed by atoms with E-state index < -0.39 is 23.5 Å². The summed E-state index contributed by atoms with van der Waals surface area (Å²) in [4.78, 5) is 24.0. The van der Waals surface area contributed by atoms with Gasteiger partial charge in [-0.25, -0.2) is 4.79 Å². The third-order valence-corrected chi connectivity index (χ3v) is 4.10. The Morgan fingerprint density at radius 2 is 1.81 bits per heavy atom. The fourth-order valence-corrected chi connectivity index (χ4v) is 2.59. The zero-order chi connectivity index (χ0) is 15.6. The number of nitrogens with one attached hydrogen (secondary N) is 1. The molecule has 0 saturated carbocycles. The minimum Gasteiger partial charge on any atom is -0.479 e. The Kier molecular flexibility index (Phi) is 4.14. The highest BCUT2D eigenvalue weighted by Crippen LogP contribution is 2.33. The Hall–Kier alpha value is -2.14. The molecule has 0 saturated heterocycles.